The standard InChI is InChI=1S/C14H14N2O2S/c1-16(2)15-10-11-5-7-12(8-6-11)18-14(17)13-4-3-9-19-13/h3-10H,1-2H3/b15-10+. The van der Waals surface area contributed by atoms with Gasteiger partial charge in [0.2, 0.25) is 0 Å². The van der Waals surface area contributed by atoms with Crippen LogP contribution in [0.25, 0.3) is 0 Å². The summed E-state index contributed by atoms with van der Waals surface area (Å²) < 4.78 is 5.26. The molecule has 5 heteroatoms. The number of hydrazone groups is 1. The third-order valence-electron chi connectivity index (χ3n) is 2.25. The molecule has 19 heavy (non-hydrogen) atoms. The maximum Gasteiger partial charge on any atom is 0.353 e. The summed E-state index contributed by atoms with van der Waals surface area (Å²) in [5.74, 6) is 0.199. The molecule has 0 aliphatic carbocycles. The number of carbonyl (C=O) groups excluding carboxylic acids is 1. The number of rotatable bonds is 4. The Morgan fingerprint density at radius 3 is 2.58 bits per heavy atom. The molecule has 0 aliphatic rings. The van der Waals surface area contributed by atoms with E-state index in [9.17, 15) is 4.79 Å². The van der Waals surface area contributed by atoms with Gasteiger partial charge in [-0.1, -0.05) is 6.07 Å². The molecule has 0 unspecified atom stereocenters. The van der Waals surface area contributed by atoms with Crippen LogP contribution < -0.4 is 4.74 Å². The zero-order valence-corrected chi connectivity index (χ0v) is 11.6. The number of hydrogen-bond donors (Lipinski definition) is 0. The van der Waals surface area contributed by atoms with Crippen LogP contribution in [-0.2, 0) is 0 Å². The summed E-state index contributed by atoms with van der Waals surface area (Å²) in [6.07, 6.45) is 1.74. The molecule has 0 saturated carbocycles. The van der Waals surface area contributed by atoms with Gasteiger partial charge in [-0.3, -0.25) is 0 Å². The Kier molecular flexibility index (Phi) is 4.30. The van der Waals surface area contributed by atoms with Gasteiger partial charge in [-0.15, -0.1) is 11.3 Å². The van der Waals surface area contributed by atoms with E-state index in [0.717, 1.165) is 5.56 Å². The average molecular weight is 274 g/mol. The normalized spacial score (nSPS) is 10.6. The lowest BCUT2D eigenvalue weighted by molar-refractivity contribution is 0.0740. The van der Waals surface area contributed by atoms with Gasteiger partial charge in [0.15, 0.2) is 0 Å². The van der Waals surface area contributed by atoms with Gasteiger partial charge in [0.1, 0.15) is 10.6 Å². The Morgan fingerprint density at radius 1 is 1.26 bits per heavy atom. The predicted octanol–water partition coefficient (Wildman–Crippen LogP) is 2.86. The third kappa shape index (κ3) is 3.93. The molecule has 1 aromatic carbocycles. The summed E-state index contributed by atoms with van der Waals surface area (Å²) in [4.78, 5) is 12.3. The molecule has 0 radical (unpaired) electrons. The number of thiophene rings is 1. The lowest BCUT2D eigenvalue weighted by Gasteiger charge is -2.04. The summed E-state index contributed by atoms with van der Waals surface area (Å²) in [6.45, 7) is 0. The maximum atomic E-state index is 11.7. The van der Waals surface area contributed by atoms with Crippen LogP contribution in [0.4, 0.5) is 0 Å². The molecule has 0 amide bonds. The highest BCUT2D eigenvalue weighted by molar-refractivity contribution is 7.12. The highest BCUT2D eigenvalue weighted by atomic mass is 32.1. The van der Waals surface area contributed by atoms with Crippen LogP contribution in [0.3, 0.4) is 0 Å². The molecule has 1 aromatic heterocycles. The molecule has 0 saturated heterocycles. The monoisotopic (exact) mass is 274 g/mol. The largest absolute Gasteiger partial charge is 0.422 e. The Morgan fingerprint density at radius 2 is 2.00 bits per heavy atom. The molecule has 0 bridgehead atoms. The first-order valence-corrected chi connectivity index (χ1v) is 6.60. The molecular formula is C14H14N2O2S. The molecule has 0 N–H and O–H groups in total. The van der Waals surface area contributed by atoms with Gasteiger partial charge in [-0.25, -0.2) is 4.79 Å². The Labute approximate surface area is 115 Å². The van der Waals surface area contributed by atoms with Crippen LogP contribution in [0, 0.1) is 0 Å². The second-order valence-electron chi connectivity index (χ2n) is 4.03. The van der Waals surface area contributed by atoms with Crippen molar-refractivity contribution in [3.05, 3.63) is 52.2 Å². The van der Waals surface area contributed by atoms with Crippen LogP contribution in [0.2, 0.25) is 0 Å². The topological polar surface area (TPSA) is 41.9 Å². The Hall–Kier alpha value is -2.14. The van der Waals surface area contributed by atoms with Crippen LogP contribution in [-0.4, -0.2) is 31.3 Å². The number of esters is 1. The van der Waals surface area contributed by atoms with Gasteiger partial charge in [0, 0.05) is 14.1 Å². The number of carbonyl (C=O) groups is 1. The van der Waals surface area contributed by atoms with Crippen molar-refractivity contribution >= 4 is 23.5 Å². The van der Waals surface area contributed by atoms with E-state index in [1.807, 2.05) is 37.7 Å². The molecule has 0 fully saturated rings. The van der Waals surface area contributed by atoms with E-state index in [0.29, 0.717) is 10.6 Å². The van der Waals surface area contributed by atoms with Crippen molar-refractivity contribution in [2.45, 2.75) is 0 Å². The first kappa shape index (κ1) is 13.3. The lowest BCUT2D eigenvalue weighted by atomic mass is 10.2. The zero-order chi connectivity index (χ0) is 13.7. The summed E-state index contributed by atoms with van der Waals surface area (Å²) in [5, 5.41) is 7.69. The van der Waals surface area contributed by atoms with E-state index in [1.165, 1.54) is 11.3 Å². The van der Waals surface area contributed by atoms with E-state index in [-0.39, 0.29) is 5.97 Å². The molecule has 1 heterocycles. The van der Waals surface area contributed by atoms with Crippen molar-refractivity contribution in [3.63, 3.8) is 0 Å². The number of benzene rings is 1. The van der Waals surface area contributed by atoms with Crippen LogP contribution in [0.1, 0.15) is 15.2 Å². The molecule has 0 atom stereocenters. The second-order valence-corrected chi connectivity index (χ2v) is 4.98. The van der Waals surface area contributed by atoms with Crippen molar-refractivity contribution in [1.82, 2.24) is 5.01 Å². The number of ether oxygens (including phenoxy) is 1. The molecule has 2 aromatic rings. The quantitative estimate of drug-likeness (QED) is 0.372. The van der Waals surface area contributed by atoms with Gasteiger partial charge in [0.25, 0.3) is 0 Å². The molecular weight excluding hydrogens is 260 g/mol. The van der Waals surface area contributed by atoms with E-state index in [2.05, 4.69) is 5.10 Å². The SMILES string of the molecule is CN(C)/N=C/c1ccc(OC(=O)c2cccs2)cc1. The minimum Gasteiger partial charge on any atom is -0.422 e. The first-order valence-electron chi connectivity index (χ1n) is 5.72. The average Bonchev–Trinajstić information content (AvgIpc) is 2.92. The third-order valence-corrected chi connectivity index (χ3v) is 3.10. The van der Waals surface area contributed by atoms with Gasteiger partial charge in [-0.05, 0) is 41.3 Å². The number of hydrogen-bond acceptors (Lipinski definition) is 5. The fraction of sp³-hybridized carbons (Fsp3) is 0.143. The van der Waals surface area contributed by atoms with Crippen molar-refractivity contribution in [3.8, 4) is 5.75 Å². The predicted molar refractivity (Wildman–Crippen MR) is 77.0 cm³/mol. The van der Waals surface area contributed by atoms with Crippen molar-refractivity contribution < 1.29 is 9.53 Å². The van der Waals surface area contributed by atoms with Gasteiger partial charge in [0.05, 0.1) is 6.21 Å². The second kappa shape index (κ2) is 6.15. The molecule has 4 nitrogen and oxygen atoms in total. The molecule has 2 rings (SSSR count). The highest BCUT2D eigenvalue weighted by Gasteiger charge is 2.08. The first-order chi connectivity index (χ1) is 9.15. The molecule has 98 valence electrons. The smallest absolute Gasteiger partial charge is 0.353 e. The molecule has 0 aliphatic heterocycles. The van der Waals surface area contributed by atoms with E-state index in [4.69, 9.17) is 4.74 Å². The summed E-state index contributed by atoms with van der Waals surface area (Å²) >= 11 is 1.36. The molecule has 0 spiro atoms. The lowest BCUT2D eigenvalue weighted by Crippen LogP contribution is -2.06. The fourth-order valence-corrected chi connectivity index (χ4v) is 1.95. The van der Waals surface area contributed by atoms with Crippen molar-refractivity contribution in [2.24, 2.45) is 5.10 Å². The van der Waals surface area contributed by atoms with Gasteiger partial charge in [-0.2, -0.15) is 5.10 Å². The number of nitrogens with zero attached hydrogens (tertiary/aromatic N) is 2. The summed E-state index contributed by atoms with van der Waals surface area (Å²) in [6, 6.07) is 10.8. The minimum atomic E-state index is -0.329. The van der Waals surface area contributed by atoms with Crippen LogP contribution >= 0.6 is 11.3 Å². The van der Waals surface area contributed by atoms with E-state index < -0.39 is 0 Å². The van der Waals surface area contributed by atoms with Gasteiger partial charge < -0.3 is 9.75 Å². The minimum absolute atomic E-state index is 0.329. The van der Waals surface area contributed by atoms with Crippen molar-refractivity contribution in [1.29, 1.82) is 0 Å². The zero-order valence-electron chi connectivity index (χ0n) is 10.7. The Bertz CT molecular complexity index is 560. The van der Waals surface area contributed by atoms with Crippen molar-refractivity contribution in [2.75, 3.05) is 14.1 Å². The highest BCUT2D eigenvalue weighted by Crippen LogP contribution is 2.16. The van der Waals surface area contributed by atoms with E-state index >= 15 is 0 Å². The summed E-state index contributed by atoms with van der Waals surface area (Å²) in [7, 11) is 3.71. The van der Waals surface area contributed by atoms with Gasteiger partial charge >= 0.3 is 5.97 Å². The maximum absolute atomic E-state index is 11.7. The Balaban J connectivity index is 2.01. The van der Waals surface area contributed by atoms with Crippen LogP contribution in [0.5, 0.6) is 5.75 Å². The fourth-order valence-electron chi connectivity index (χ4n) is 1.36. The summed E-state index contributed by atoms with van der Waals surface area (Å²) in [5.41, 5.74) is 0.949. The van der Waals surface area contributed by atoms with E-state index in [1.54, 1.807) is 29.4 Å². The van der Waals surface area contributed by atoms with Crippen LogP contribution in [0.15, 0.2) is 46.9 Å².